The number of amides is 1. The van der Waals surface area contributed by atoms with Gasteiger partial charge in [0, 0.05) is 55.3 Å². The minimum Gasteiger partial charge on any atom is -0.326 e. The van der Waals surface area contributed by atoms with E-state index in [2.05, 4.69) is 15.2 Å². The van der Waals surface area contributed by atoms with E-state index in [4.69, 9.17) is 11.6 Å². The van der Waals surface area contributed by atoms with E-state index in [0.29, 0.717) is 41.0 Å². The Hall–Kier alpha value is -1.65. The van der Waals surface area contributed by atoms with Crippen LogP contribution in [0.4, 0.5) is 5.69 Å². The maximum absolute atomic E-state index is 12.7. The van der Waals surface area contributed by atoms with Gasteiger partial charge in [-0.2, -0.15) is 4.31 Å². The fourth-order valence-corrected chi connectivity index (χ4v) is 5.17. The van der Waals surface area contributed by atoms with Crippen LogP contribution in [-0.2, 0) is 14.8 Å². The van der Waals surface area contributed by atoms with Gasteiger partial charge in [0.2, 0.25) is 15.9 Å². The fraction of sp³-hybridized carbons (Fsp3) is 0.368. The molecule has 0 atom stereocenters. The summed E-state index contributed by atoms with van der Waals surface area (Å²) in [6.07, 6.45) is 1.70. The van der Waals surface area contributed by atoms with E-state index in [1.807, 2.05) is 7.05 Å². The van der Waals surface area contributed by atoms with E-state index in [1.54, 1.807) is 36.4 Å². The van der Waals surface area contributed by atoms with Gasteiger partial charge in [-0.3, -0.25) is 4.79 Å². The van der Waals surface area contributed by atoms with E-state index in [9.17, 15) is 13.2 Å². The number of piperazine rings is 1. The molecule has 0 aliphatic carbocycles. The SMILES string of the molecule is CN1CCN(S(=O)(=O)c2ccc(SCCC(=O)Nc3cccc(Cl)c3)nc2)CC1. The minimum absolute atomic E-state index is 0.117. The number of pyridine rings is 1. The van der Waals surface area contributed by atoms with Crippen LogP contribution in [0.25, 0.3) is 0 Å². The van der Waals surface area contributed by atoms with Gasteiger partial charge in [-0.1, -0.05) is 17.7 Å². The Labute approximate surface area is 180 Å². The number of anilines is 1. The molecule has 29 heavy (non-hydrogen) atoms. The quantitative estimate of drug-likeness (QED) is 0.648. The molecular formula is C19H23ClN4O3S2. The van der Waals surface area contributed by atoms with Crippen LogP contribution in [0, 0.1) is 0 Å². The highest BCUT2D eigenvalue weighted by atomic mass is 35.5. The Morgan fingerprint density at radius 2 is 1.97 bits per heavy atom. The molecule has 0 radical (unpaired) electrons. The summed E-state index contributed by atoms with van der Waals surface area (Å²) >= 11 is 7.31. The first kappa shape index (κ1) is 22.0. The van der Waals surface area contributed by atoms with Gasteiger partial charge in [0.1, 0.15) is 4.90 Å². The van der Waals surface area contributed by atoms with Crippen LogP contribution in [0.3, 0.4) is 0 Å². The number of carbonyl (C=O) groups is 1. The van der Waals surface area contributed by atoms with Crippen molar-refractivity contribution < 1.29 is 13.2 Å². The summed E-state index contributed by atoms with van der Waals surface area (Å²) in [4.78, 5) is 18.6. The summed E-state index contributed by atoms with van der Waals surface area (Å²) in [5.74, 6) is 0.415. The third kappa shape index (κ3) is 6.16. The van der Waals surface area contributed by atoms with E-state index < -0.39 is 10.0 Å². The fourth-order valence-electron chi connectivity index (χ4n) is 2.82. The number of hydrogen-bond acceptors (Lipinski definition) is 6. The van der Waals surface area contributed by atoms with Crippen LogP contribution in [-0.4, -0.2) is 67.5 Å². The van der Waals surface area contributed by atoms with Gasteiger partial charge in [0.05, 0.1) is 5.03 Å². The van der Waals surface area contributed by atoms with Crippen LogP contribution < -0.4 is 5.32 Å². The Kier molecular flexibility index (Phi) is 7.53. The molecular weight excluding hydrogens is 432 g/mol. The summed E-state index contributed by atoms with van der Waals surface area (Å²) in [6, 6.07) is 10.2. The predicted molar refractivity (Wildman–Crippen MR) is 116 cm³/mol. The first-order valence-electron chi connectivity index (χ1n) is 9.17. The average Bonchev–Trinajstić information content (AvgIpc) is 2.69. The van der Waals surface area contributed by atoms with Gasteiger partial charge in [-0.15, -0.1) is 11.8 Å². The van der Waals surface area contributed by atoms with E-state index >= 15 is 0 Å². The Morgan fingerprint density at radius 1 is 1.21 bits per heavy atom. The van der Waals surface area contributed by atoms with E-state index in [0.717, 1.165) is 13.1 Å². The summed E-state index contributed by atoms with van der Waals surface area (Å²) in [5.41, 5.74) is 0.657. The first-order chi connectivity index (χ1) is 13.8. The van der Waals surface area contributed by atoms with Crippen molar-refractivity contribution >= 4 is 45.0 Å². The van der Waals surface area contributed by atoms with Gasteiger partial charge < -0.3 is 10.2 Å². The molecule has 0 saturated carbocycles. The van der Waals surface area contributed by atoms with Gasteiger partial charge in [-0.05, 0) is 37.4 Å². The molecule has 3 rings (SSSR count). The smallest absolute Gasteiger partial charge is 0.244 e. The van der Waals surface area contributed by atoms with Crippen LogP contribution >= 0.6 is 23.4 Å². The number of thioether (sulfide) groups is 1. The highest BCUT2D eigenvalue weighted by Crippen LogP contribution is 2.21. The van der Waals surface area contributed by atoms with Gasteiger partial charge in [-0.25, -0.2) is 13.4 Å². The predicted octanol–water partition coefficient (Wildman–Crippen LogP) is 2.79. The lowest BCUT2D eigenvalue weighted by atomic mass is 10.3. The highest BCUT2D eigenvalue weighted by Gasteiger charge is 2.27. The number of nitrogens with zero attached hydrogens (tertiary/aromatic N) is 3. The Balaban J connectivity index is 1.49. The monoisotopic (exact) mass is 454 g/mol. The minimum atomic E-state index is -3.51. The molecule has 1 aromatic carbocycles. The van der Waals surface area contributed by atoms with Crippen molar-refractivity contribution in [1.29, 1.82) is 0 Å². The zero-order chi connectivity index (χ0) is 20.9. The molecule has 10 heteroatoms. The van der Waals surface area contributed by atoms with Crippen LogP contribution in [0.1, 0.15) is 6.42 Å². The third-order valence-corrected chi connectivity index (χ3v) is 7.56. The normalized spacial score (nSPS) is 15.9. The number of nitrogens with one attached hydrogen (secondary N) is 1. The molecule has 156 valence electrons. The van der Waals surface area contributed by atoms with Crippen molar-refractivity contribution in [3.8, 4) is 0 Å². The molecule has 1 aromatic heterocycles. The molecule has 0 spiro atoms. The van der Waals surface area contributed by atoms with Crippen LogP contribution in [0.5, 0.6) is 0 Å². The molecule has 0 unspecified atom stereocenters. The first-order valence-corrected chi connectivity index (χ1v) is 12.0. The number of sulfonamides is 1. The second-order valence-electron chi connectivity index (χ2n) is 6.70. The second kappa shape index (κ2) is 9.90. The molecule has 1 N–H and O–H groups in total. The van der Waals surface area contributed by atoms with Crippen molar-refractivity contribution in [1.82, 2.24) is 14.2 Å². The van der Waals surface area contributed by atoms with Crippen molar-refractivity contribution in [2.24, 2.45) is 0 Å². The Morgan fingerprint density at radius 3 is 2.62 bits per heavy atom. The number of aromatic nitrogens is 1. The summed E-state index contributed by atoms with van der Waals surface area (Å²) < 4.78 is 26.9. The lowest BCUT2D eigenvalue weighted by Gasteiger charge is -2.31. The second-order valence-corrected chi connectivity index (χ2v) is 10.2. The summed E-state index contributed by atoms with van der Waals surface area (Å²) in [6.45, 7) is 2.41. The van der Waals surface area contributed by atoms with E-state index in [1.165, 1.54) is 22.3 Å². The maximum atomic E-state index is 12.7. The molecule has 1 amide bonds. The van der Waals surface area contributed by atoms with Crippen molar-refractivity contribution in [3.63, 3.8) is 0 Å². The van der Waals surface area contributed by atoms with Crippen LogP contribution in [0.2, 0.25) is 5.02 Å². The van der Waals surface area contributed by atoms with Gasteiger partial charge >= 0.3 is 0 Å². The number of halogens is 1. The number of rotatable bonds is 7. The molecule has 0 bridgehead atoms. The summed E-state index contributed by atoms with van der Waals surface area (Å²) in [7, 11) is -1.54. The summed E-state index contributed by atoms with van der Waals surface area (Å²) in [5, 5.41) is 4.03. The molecule has 2 heterocycles. The lowest BCUT2D eigenvalue weighted by molar-refractivity contribution is -0.115. The highest BCUT2D eigenvalue weighted by molar-refractivity contribution is 7.99. The largest absolute Gasteiger partial charge is 0.326 e. The van der Waals surface area contributed by atoms with Crippen LogP contribution in [0.15, 0.2) is 52.5 Å². The van der Waals surface area contributed by atoms with Gasteiger partial charge in [0.15, 0.2) is 0 Å². The molecule has 2 aromatic rings. The lowest BCUT2D eigenvalue weighted by Crippen LogP contribution is -2.47. The zero-order valence-corrected chi connectivity index (χ0v) is 18.4. The van der Waals surface area contributed by atoms with Gasteiger partial charge in [0.25, 0.3) is 0 Å². The van der Waals surface area contributed by atoms with Crippen molar-refractivity contribution in [2.45, 2.75) is 16.3 Å². The molecule has 1 aliphatic heterocycles. The number of carbonyl (C=O) groups excluding carboxylic acids is 1. The standard InChI is InChI=1S/C19H23ClN4O3S2/c1-23-8-10-24(11-9-23)29(26,27)17-5-6-19(21-14-17)28-12-7-18(25)22-16-4-2-3-15(20)13-16/h2-6,13-14H,7-12H2,1H3,(H,22,25). The molecule has 7 nitrogen and oxygen atoms in total. The molecule has 1 aliphatic rings. The van der Waals surface area contributed by atoms with Crippen molar-refractivity contribution in [2.75, 3.05) is 44.3 Å². The maximum Gasteiger partial charge on any atom is 0.244 e. The number of hydrogen-bond donors (Lipinski definition) is 1. The third-order valence-electron chi connectivity index (χ3n) is 4.50. The van der Waals surface area contributed by atoms with E-state index in [-0.39, 0.29) is 10.8 Å². The Bertz CT molecular complexity index is 946. The molecule has 1 saturated heterocycles. The topological polar surface area (TPSA) is 82.6 Å². The molecule has 1 fully saturated rings. The zero-order valence-electron chi connectivity index (χ0n) is 16.0. The number of likely N-dealkylation sites (N-methyl/N-ethyl adjacent to an activating group) is 1. The average molecular weight is 455 g/mol. The van der Waals surface area contributed by atoms with Crippen molar-refractivity contribution in [3.05, 3.63) is 47.6 Å². The number of benzene rings is 1.